The van der Waals surface area contributed by atoms with Gasteiger partial charge in [0.2, 0.25) is 0 Å². The third-order valence-electron chi connectivity index (χ3n) is 5.50. The number of rotatable bonds is 1. The molecule has 2 bridgehead atoms. The van der Waals surface area contributed by atoms with Gasteiger partial charge in [-0.2, -0.15) is 0 Å². The molecule has 1 nitrogen and oxygen atoms in total. The predicted molar refractivity (Wildman–Crippen MR) is 56.8 cm³/mol. The van der Waals surface area contributed by atoms with E-state index in [9.17, 15) is 5.11 Å². The molecule has 1 N–H and O–H groups in total. The molecule has 3 saturated carbocycles. The molecule has 3 fully saturated rings. The van der Waals surface area contributed by atoms with Crippen LogP contribution in [0.3, 0.4) is 0 Å². The quantitative estimate of drug-likeness (QED) is 0.680. The van der Waals surface area contributed by atoms with Crippen LogP contribution in [0.1, 0.15) is 39.5 Å². The Balaban J connectivity index is 1.89. The van der Waals surface area contributed by atoms with Gasteiger partial charge in [0.25, 0.3) is 0 Å². The second-order valence-corrected chi connectivity index (χ2v) is 6.00. The first-order chi connectivity index (χ1) is 6.72. The number of fused-ring (bicyclic) bond motifs is 5. The maximum atomic E-state index is 9.97. The van der Waals surface area contributed by atoms with Crippen molar-refractivity contribution in [2.75, 3.05) is 0 Å². The first kappa shape index (κ1) is 9.21. The van der Waals surface area contributed by atoms with Gasteiger partial charge in [0.15, 0.2) is 0 Å². The Kier molecular flexibility index (Phi) is 1.96. The van der Waals surface area contributed by atoms with Gasteiger partial charge in [0.1, 0.15) is 0 Å². The fourth-order valence-electron chi connectivity index (χ4n) is 5.15. The fraction of sp³-hybridized carbons (Fsp3) is 1.00. The van der Waals surface area contributed by atoms with Crippen LogP contribution < -0.4 is 0 Å². The highest BCUT2D eigenvalue weighted by Crippen LogP contribution is 2.63. The molecule has 0 aromatic carbocycles. The Hall–Kier alpha value is -0.0400. The molecule has 7 atom stereocenters. The summed E-state index contributed by atoms with van der Waals surface area (Å²) < 4.78 is 0. The van der Waals surface area contributed by atoms with E-state index in [1.807, 2.05) is 0 Å². The topological polar surface area (TPSA) is 20.2 Å². The van der Waals surface area contributed by atoms with E-state index in [1.54, 1.807) is 0 Å². The fourth-order valence-corrected chi connectivity index (χ4v) is 5.15. The van der Waals surface area contributed by atoms with Gasteiger partial charge < -0.3 is 5.11 Å². The second kappa shape index (κ2) is 2.98. The van der Waals surface area contributed by atoms with Crippen molar-refractivity contribution in [2.24, 2.45) is 35.5 Å². The minimum absolute atomic E-state index is 0.0561. The zero-order chi connectivity index (χ0) is 9.87. The van der Waals surface area contributed by atoms with Crippen molar-refractivity contribution in [1.82, 2.24) is 0 Å². The minimum atomic E-state index is 0.0561. The zero-order valence-corrected chi connectivity index (χ0v) is 9.32. The molecule has 0 spiro atoms. The van der Waals surface area contributed by atoms with Crippen molar-refractivity contribution in [3.8, 4) is 0 Å². The van der Waals surface area contributed by atoms with Crippen LogP contribution in [0.15, 0.2) is 0 Å². The standard InChI is InChI=1S/C13H22O/c1-3-8-4-7(2)12-9-5-10(13(8)12)11(14)6-9/h7-14H,3-6H2,1-2H3. The number of hydrogen-bond acceptors (Lipinski definition) is 1. The highest BCUT2D eigenvalue weighted by Gasteiger charge is 2.58. The average Bonchev–Trinajstić information content (AvgIpc) is 2.76. The van der Waals surface area contributed by atoms with Crippen LogP contribution in [-0.2, 0) is 0 Å². The first-order valence-corrected chi connectivity index (χ1v) is 6.40. The van der Waals surface area contributed by atoms with Gasteiger partial charge in [-0.05, 0) is 54.8 Å². The molecule has 3 rings (SSSR count). The normalized spacial score (nSPS) is 60.6. The van der Waals surface area contributed by atoms with Crippen molar-refractivity contribution in [3.05, 3.63) is 0 Å². The summed E-state index contributed by atoms with van der Waals surface area (Å²) in [5.74, 6) is 5.30. The molecule has 1 heteroatoms. The summed E-state index contributed by atoms with van der Waals surface area (Å²) in [5, 5.41) is 9.97. The summed E-state index contributed by atoms with van der Waals surface area (Å²) in [6.45, 7) is 4.78. The molecule has 0 aromatic heterocycles. The van der Waals surface area contributed by atoms with Crippen molar-refractivity contribution in [3.63, 3.8) is 0 Å². The van der Waals surface area contributed by atoms with Gasteiger partial charge in [-0.15, -0.1) is 0 Å². The van der Waals surface area contributed by atoms with Crippen LogP contribution >= 0.6 is 0 Å². The lowest BCUT2D eigenvalue weighted by Gasteiger charge is -2.32. The summed E-state index contributed by atoms with van der Waals surface area (Å²) in [7, 11) is 0. The molecule has 0 amide bonds. The monoisotopic (exact) mass is 194 g/mol. The predicted octanol–water partition coefficient (Wildman–Crippen LogP) is 2.69. The Morgan fingerprint density at radius 1 is 1.14 bits per heavy atom. The Morgan fingerprint density at radius 3 is 2.64 bits per heavy atom. The summed E-state index contributed by atoms with van der Waals surface area (Å²) in [6, 6.07) is 0. The van der Waals surface area contributed by atoms with Crippen LogP contribution in [-0.4, -0.2) is 11.2 Å². The van der Waals surface area contributed by atoms with E-state index in [0.717, 1.165) is 36.0 Å². The highest BCUT2D eigenvalue weighted by molar-refractivity contribution is 5.07. The second-order valence-electron chi connectivity index (χ2n) is 6.00. The van der Waals surface area contributed by atoms with E-state index >= 15 is 0 Å². The van der Waals surface area contributed by atoms with Gasteiger partial charge in [-0.3, -0.25) is 0 Å². The van der Waals surface area contributed by atoms with Gasteiger partial charge in [-0.25, -0.2) is 0 Å². The average molecular weight is 194 g/mol. The van der Waals surface area contributed by atoms with Crippen molar-refractivity contribution < 1.29 is 5.11 Å². The van der Waals surface area contributed by atoms with Gasteiger partial charge in [-0.1, -0.05) is 20.3 Å². The van der Waals surface area contributed by atoms with E-state index in [1.165, 1.54) is 19.3 Å². The number of aliphatic hydroxyl groups excluding tert-OH is 1. The smallest absolute Gasteiger partial charge is 0.0574 e. The summed E-state index contributed by atoms with van der Waals surface area (Å²) >= 11 is 0. The zero-order valence-electron chi connectivity index (χ0n) is 9.32. The minimum Gasteiger partial charge on any atom is -0.393 e. The molecule has 3 aliphatic rings. The molecule has 14 heavy (non-hydrogen) atoms. The molecule has 0 aromatic rings. The number of aliphatic hydroxyl groups is 1. The molecule has 0 saturated heterocycles. The van der Waals surface area contributed by atoms with Crippen LogP contribution in [0.4, 0.5) is 0 Å². The largest absolute Gasteiger partial charge is 0.393 e. The van der Waals surface area contributed by atoms with E-state index < -0.39 is 0 Å². The van der Waals surface area contributed by atoms with Gasteiger partial charge in [0.05, 0.1) is 6.10 Å². The van der Waals surface area contributed by atoms with Crippen LogP contribution in [0.5, 0.6) is 0 Å². The summed E-state index contributed by atoms with van der Waals surface area (Å²) in [4.78, 5) is 0. The maximum absolute atomic E-state index is 9.97. The van der Waals surface area contributed by atoms with Crippen molar-refractivity contribution >= 4 is 0 Å². The lowest BCUT2D eigenvalue weighted by molar-refractivity contribution is 0.0432. The molecule has 0 aliphatic heterocycles. The molecule has 3 aliphatic carbocycles. The van der Waals surface area contributed by atoms with Crippen LogP contribution in [0.2, 0.25) is 0 Å². The molecule has 7 unspecified atom stereocenters. The van der Waals surface area contributed by atoms with Gasteiger partial charge in [0, 0.05) is 0 Å². The van der Waals surface area contributed by atoms with Crippen molar-refractivity contribution in [2.45, 2.75) is 45.6 Å². The molecule has 0 radical (unpaired) electrons. The van der Waals surface area contributed by atoms with E-state index in [2.05, 4.69) is 13.8 Å². The third-order valence-corrected chi connectivity index (χ3v) is 5.50. The Morgan fingerprint density at radius 2 is 1.93 bits per heavy atom. The summed E-state index contributed by atoms with van der Waals surface area (Å²) in [5.41, 5.74) is 0. The number of hydrogen-bond donors (Lipinski definition) is 1. The highest BCUT2D eigenvalue weighted by atomic mass is 16.3. The van der Waals surface area contributed by atoms with Crippen LogP contribution in [0.25, 0.3) is 0 Å². The molecular formula is C13H22O. The van der Waals surface area contributed by atoms with Gasteiger partial charge >= 0.3 is 0 Å². The Labute approximate surface area is 86.9 Å². The van der Waals surface area contributed by atoms with E-state index in [4.69, 9.17) is 0 Å². The lowest BCUT2D eigenvalue weighted by Crippen LogP contribution is -2.32. The maximum Gasteiger partial charge on any atom is 0.0574 e. The molecule has 80 valence electrons. The molecule has 0 heterocycles. The van der Waals surface area contributed by atoms with E-state index in [0.29, 0.717) is 5.92 Å². The third kappa shape index (κ3) is 0.997. The lowest BCUT2D eigenvalue weighted by atomic mass is 9.74. The Bertz CT molecular complexity index is 237. The van der Waals surface area contributed by atoms with Crippen LogP contribution in [0, 0.1) is 35.5 Å². The van der Waals surface area contributed by atoms with E-state index in [-0.39, 0.29) is 6.10 Å². The first-order valence-electron chi connectivity index (χ1n) is 6.40. The molecular weight excluding hydrogens is 172 g/mol. The SMILES string of the molecule is CCC1CC(C)C2C3CC(O)C(C3)C12. The van der Waals surface area contributed by atoms with Crippen molar-refractivity contribution in [1.29, 1.82) is 0 Å². The summed E-state index contributed by atoms with van der Waals surface area (Å²) in [6.07, 6.45) is 5.29.